The zero-order chi connectivity index (χ0) is 35.3. The van der Waals surface area contributed by atoms with Gasteiger partial charge in [0.15, 0.2) is 0 Å². The van der Waals surface area contributed by atoms with E-state index in [1.54, 1.807) is 0 Å². The Labute approximate surface area is 296 Å². The van der Waals surface area contributed by atoms with Crippen LogP contribution < -0.4 is 0 Å². The summed E-state index contributed by atoms with van der Waals surface area (Å²) in [7, 11) is 0. The van der Waals surface area contributed by atoms with Crippen molar-refractivity contribution >= 4 is 11.7 Å². The lowest BCUT2D eigenvalue weighted by Gasteiger charge is -2.45. The Kier molecular flexibility index (Phi) is 12.7. The fourth-order valence-corrected chi connectivity index (χ4v) is 5.73. The van der Waals surface area contributed by atoms with Crippen molar-refractivity contribution in [1.82, 2.24) is 0 Å². The van der Waals surface area contributed by atoms with Crippen molar-refractivity contribution in [3.05, 3.63) is 184 Å². The Morgan fingerprint density at radius 1 is 0.569 bits per heavy atom. The third-order valence-electron chi connectivity index (χ3n) is 8.38. The highest BCUT2D eigenvalue weighted by Gasteiger charge is 2.50. The van der Waals surface area contributed by atoms with Gasteiger partial charge in [0.25, 0.3) is 5.69 Å². The molecule has 0 N–H and O–H groups in total. The number of ether oxygens (including phenoxy) is 6. The summed E-state index contributed by atoms with van der Waals surface area (Å²) in [5.74, 6) is -0.738. The van der Waals surface area contributed by atoms with Gasteiger partial charge >= 0.3 is 5.97 Å². The fourth-order valence-electron chi connectivity index (χ4n) is 5.73. The quantitative estimate of drug-likeness (QED) is 0.0592. The molecule has 1 fully saturated rings. The molecule has 1 heterocycles. The predicted molar refractivity (Wildman–Crippen MR) is 188 cm³/mol. The normalized spacial score (nSPS) is 20.0. The molecule has 0 radical (unpaired) electrons. The molecular formula is C41H39NO9. The lowest BCUT2D eigenvalue weighted by Crippen LogP contribution is -2.62. The Morgan fingerprint density at radius 3 is 1.47 bits per heavy atom. The van der Waals surface area contributed by atoms with E-state index in [-0.39, 0.29) is 37.7 Å². The van der Waals surface area contributed by atoms with Crippen LogP contribution in [-0.4, -0.2) is 48.2 Å². The monoisotopic (exact) mass is 689 g/mol. The van der Waals surface area contributed by atoms with Crippen LogP contribution in [0.3, 0.4) is 0 Å². The third-order valence-corrected chi connectivity index (χ3v) is 8.38. The third kappa shape index (κ3) is 10.2. The van der Waals surface area contributed by atoms with Crippen LogP contribution in [0.15, 0.2) is 146 Å². The van der Waals surface area contributed by atoms with Crippen molar-refractivity contribution in [2.45, 2.75) is 57.1 Å². The topological polar surface area (TPSA) is 116 Å². The minimum atomic E-state index is -1.25. The number of hydrogen-bond acceptors (Lipinski definition) is 9. The summed E-state index contributed by atoms with van der Waals surface area (Å²) >= 11 is 0. The number of hydrogen-bond donors (Lipinski definition) is 0. The van der Waals surface area contributed by atoms with Gasteiger partial charge in [-0.05, 0) is 34.4 Å². The second kappa shape index (κ2) is 18.1. The maximum absolute atomic E-state index is 13.6. The molecule has 6 rings (SSSR count). The van der Waals surface area contributed by atoms with Gasteiger partial charge in [-0.15, -0.1) is 0 Å². The summed E-state index contributed by atoms with van der Waals surface area (Å²) in [6.45, 7) is 1.07. The molecule has 51 heavy (non-hydrogen) atoms. The number of rotatable bonds is 16. The van der Waals surface area contributed by atoms with Crippen LogP contribution in [0.5, 0.6) is 0 Å². The Morgan fingerprint density at radius 2 is 1.00 bits per heavy atom. The zero-order valence-electron chi connectivity index (χ0n) is 27.9. The molecule has 1 saturated heterocycles. The number of non-ortho nitro benzene ring substituents is 1. The Hall–Kier alpha value is -5.23. The number of benzene rings is 5. The van der Waals surface area contributed by atoms with Crippen LogP contribution in [0, 0.1) is 10.1 Å². The molecule has 1 aliphatic heterocycles. The molecule has 5 atom stereocenters. The number of carbonyl (C=O) groups excluding carboxylic acids is 1. The zero-order valence-corrected chi connectivity index (χ0v) is 27.9. The molecule has 0 aliphatic carbocycles. The summed E-state index contributed by atoms with van der Waals surface area (Å²) in [5.41, 5.74) is 3.74. The molecule has 5 aromatic carbocycles. The van der Waals surface area contributed by atoms with E-state index in [0.29, 0.717) is 6.61 Å². The van der Waals surface area contributed by atoms with Crippen LogP contribution in [0.4, 0.5) is 5.69 Å². The van der Waals surface area contributed by atoms with Crippen molar-refractivity contribution in [1.29, 1.82) is 0 Å². The summed E-state index contributed by atoms with van der Waals surface area (Å²) in [4.78, 5) is 24.3. The lowest BCUT2D eigenvalue weighted by molar-refractivity contribution is -0.384. The van der Waals surface area contributed by atoms with E-state index >= 15 is 0 Å². The fraction of sp³-hybridized carbons (Fsp3) is 0.244. The first-order valence-corrected chi connectivity index (χ1v) is 16.7. The van der Waals surface area contributed by atoms with Crippen LogP contribution in [-0.2, 0) is 54.8 Å². The standard InChI is InChI=1S/C41H39NO9/c43-40(34-21-23-35(24-22-34)42(44)45)51-41-39(49-28-33-19-11-4-12-20-33)38(48-27-32-17-9-3-10-18-32)37(47-26-31-15-7-2-8-16-31)36(50-41)29-46-25-30-13-5-1-6-14-30/h1-24,36-39,41H,25-29H2/t36-,37-,38+,39-,41+/m1/s1. The van der Waals surface area contributed by atoms with Crippen molar-refractivity contribution in [2.24, 2.45) is 0 Å². The van der Waals surface area contributed by atoms with E-state index in [0.717, 1.165) is 22.3 Å². The number of carbonyl (C=O) groups is 1. The molecule has 10 heteroatoms. The molecule has 10 nitrogen and oxygen atoms in total. The maximum Gasteiger partial charge on any atom is 0.340 e. The van der Waals surface area contributed by atoms with E-state index < -0.39 is 41.6 Å². The number of nitrogens with zero attached hydrogens (tertiary/aromatic N) is 1. The molecule has 0 amide bonds. The summed E-state index contributed by atoms with van der Waals surface area (Å²) < 4.78 is 38.6. The maximum atomic E-state index is 13.6. The average Bonchev–Trinajstić information content (AvgIpc) is 3.18. The van der Waals surface area contributed by atoms with E-state index in [1.165, 1.54) is 24.3 Å². The highest BCUT2D eigenvalue weighted by Crippen LogP contribution is 2.32. The van der Waals surface area contributed by atoms with Gasteiger partial charge in [0.05, 0.1) is 43.5 Å². The molecule has 0 bridgehead atoms. The van der Waals surface area contributed by atoms with Crippen LogP contribution in [0.2, 0.25) is 0 Å². The summed E-state index contributed by atoms with van der Waals surface area (Å²) in [5, 5.41) is 11.2. The first-order chi connectivity index (χ1) is 25.0. The largest absolute Gasteiger partial charge is 0.429 e. The van der Waals surface area contributed by atoms with E-state index in [1.807, 2.05) is 121 Å². The SMILES string of the molecule is O=C(O[C@@H]1O[C@H](COCc2ccccc2)[C@@H](OCc2ccccc2)[C@H](OCc2ccccc2)[C@H]1OCc1ccccc1)c1ccc([N+](=O)[O-])cc1. The number of esters is 1. The summed E-state index contributed by atoms with van der Waals surface area (Å²) in [6.07, 6.45) is -4.43. The van der Waals surface area contributed by atoms with Crippen molar-refractivity contribution in [3.8, 4) is 0 Å². The van der Waals surface area contributed by atoms with Gasteiger partial charge in [-0.2, -0.15) is 0 Å². The number of nitro benzene ring substituents is 1. The van der Waals surface area contributed by atoms with Crippen LogP contribution in [0.25, 0.3) is 0 Å². The smallest absolute Gasteiger partial charge is 0.340 e. The lowest BCUT2D eigenvalue weighted by atomic mass is 9.97. The van der Waals surface area contributed by atoms with Gasteiger partial charge in [0.1, 0.15) is 24.4 Å². The van der Waals surface area contributed by atoms with Crippen molar-refractivity contribution < 1.29 is 38.1 Å². The average molecular weight is 690 g/mol. The van der Waals surface area contributed by atoms with E-state index in [4.69, 9.17) is 28.4 Å². The van der Waals surface area contributed by atoms with Gasteiger partial charge in [0.2, 0.25) is 6.29 Å². The molecule has 1 aliphatic rings. The van der Waals surface area contributed by atoms with Crippen LogP contribution >= 0.6 is 0 Å². The van der Waals surface area contributed by atoms with Gasteiger partial charge in [-0.25, -0.2) is 4.79 Å². The molecular weight excluding hydrogens is 650 g/mol. The molecule has 262 valence electrons. The van der Waals surface area contributed by atoms with E-state index in [9.17, 15) is 14.9 Å². The van der Waals surface area contributed by atoms with Gasteiger partial charge < -0.3 is 28.4 Å². The second-order valence-corrected chi connectivity index (χ2v) is 12.0. The predicted octanol–water partition coefficient (Wildman–Crippen LogP) is 7.45. The molecule has 0 spiro atoms. The molecule has 5 aromatic rings. The highest BCUT2D eigenvalue weighted by atomic mass is 16.7. The first-order valence-electron chi connectivity index (χ1n) is 16.7. The van der Waals surface area contributed by atoms with Gasteiger partial charge in [-0.3, -0.25) is 10.1 Å². The van der Waals surface area contributed by atoms with Crippen LogP contribution in [0.1, 0.15) is 32.6 Å². The van der Waals surface area contributed by atoms with E-state index in [2.05, 4.69) is 0 Å². The van der Waals surface area contributed by atoms with Gasteiger partial charge in [0, 0.05) is 12.1 Å². The minimum Gasteiger partial charge on any atom is -0.429 e. The second-order valence-electron chi connectivity index (χ2n) is 12.0. The van der Waals surface area contributed by atoms with Gasteiger partial charge in [-0.1, -0.05) is 121 Å². The molecule has 0 aromatic heterocycles. The Bertz CT molecular complexity index is 1790. The molecule has 0 saturated carbocycles. The van der Waals surface area contributed by atoms with Crippen molar-refractivity contribution in [3.63, 3.8) is 0 Å². The molecule has 0 unspecified atom stereocenters. The highest BCUT2D eigenvalue weighted by molar-refractivity contribution is 5.89. The summed E-state index contributed by atoms with van der Waals surface area (Å²) in [6, 6.07) is 44.1. The number of nitro groups is 1. The first kappa shape index (κ1) is 35.6. The van der Waals surface area contributed by atoms with Crippen molar-refractivity contribution in [2.75, 3.05) is 6.61 Å². The minimum absolute atomic E-state index is 0.0938. The Balaban J connectivity index is 1.32.